The van der Waals surface area contributed by atoms with Crippen LogP contribution < -0.4 is 15.8 Å². The van der Waals surface area contributed by atoms with E-state index in [-0.39, 0.29) is 40.7 Å². The normalized spacial score (nSPS) is 24.8. The summed E-state index contributed by atoms with van der Waals surface area (Å²) >= 11 is 5.77. The number of carbonyl (C=O) groups excluding carboxylic acids is 1. The van der Waals surface area contributed by atoms with Crippen LogP contribution in [0.5, 0.6) is 5.75 Å². The van der Waals surface area contributed by atoms with E-state index in [0.29, 0.717) is 11.4 Å². The Hall–Kier alpha value is -2.94. The summed E-state index contributed by atoms with van der Waals surface area (Å²) in [5, 5.41) is 2.93. The Morgan fingerprint density at radius 3 is 2.93 bits per heavy atom. The van der Waals surface area contributed by atoms with Gasteiger partial charge < -0.3 is 20.5 Å². The van der Waals surface area contributed by atoms with Crippen LogP contribution in [0.4, 0.5) is 14.5 Å². The van der Waals surface area contributed by atoms with Crippen LogP contribution >= 0.6 is 11.6 Å². The number of aliphatic imine (C=N–C) groups is 1. The van der Waals surface area contributed by atoms with Gasteiger partial charge in [-0.1, -0.05) is 11.6 Å². The molecule has 0 saturated heterocycles. The van der Waals surface area contributed by atoms with Crippen LogP contribution in [0.2, 0.25) is 5.02 Å². The van der Waals surface area contributed by atoms with Crippen LogP contribution in [0.3, 0.4) is 0 Å². The first-order chi connectivity index (χ1) is 13.9. The highest BCUT2D eigenvalue weighted by Crippen LogP contribution is 2.55. The maximum atomic E-state index is 14.8. The van der Waals surface area contributed by atoms with Crippen molar-refractivity contribution in [2.24, 2.45) is 16.6 Å². The zero-order valence-corrected chi connectivity index (χ0v) is 16.0. The third-order valence-electron chi connectivity index (χ3n) is 5.06. The standard InChI is InChI=1S/C19H17ClF2N4O3/c1-28-16-12(19(8-21)11-6-15(11)29-18(23)26-19)4-10(5-13(16)22)25-17(27)14-3-2-9(20)7-24-14/h2-5,7,11,15H,6,8H2,1H3,(H2,23,26)(H,25,27)/t11-,15+,19-/m0/s1. The van der Waals surface area contributed by atoms with E-state index in [0.717, 1.165) is 6.07 Å². The predicted molar refractivity (Wildman–Crippen MR) is 102 cm³/mol. The number of nitrogens with zero attached hydrogens (tertiary/aromatic N) is 2. The lowest BCUT2D eigenvalue weighted by Gasteiger charge is -2.32. The highest BCUT2D eigenvalue weighted by molar-refractivity contribution is 6.30. The Kier molecular flexibility index (Phi) is 4.77. The number of nitrogens with two attached hydrogens (primary N) is 1. The molecule has 4 rings (SSSR count). The smallest absolute Gasteiger partial charge is 0.283 e. The van der Waals surface area contributed by atoms with E-state index in [1.54, 1.807) is 0 Å². The molecule has 1 aromatic carbocycles. The van der Waals surface area contributed by atoms with Crippen LogP contribution in [0.15, 0.2) is 35.5 Å². The Morgan fingerprint density at radius 2 is 2.28 bits per heavy atom. The average molecular weight is 423 g/mol. The SMILES string of the molecule is COc1c(F)cc(NC(=O)c2ccc(Cl)cn2)cc1[C@@]1(CF)N=C(N)O[C@@H]2C[C@@H]21. The number of fused-ring (bicyclic) bond motifs is 1. The van der Waals surface area contributed by atoms with Gasteiger partial charge in [0.15, 0.2) is 11.6 Å². The molecule has 2 aliphatic rings. The van der Waals surface area contributed by atoms with Crippen LogP contribution in [0.25, 0.3) is 0 Å². The molecular formula is C19H17ClF2N4O3. The van der Waals surface area contributed by atoms with Gasteiger partial charge in [0.05, 0.1) is 12.1 Å². The second-order valence-electron chi connectivity index (χ2n) is 6.86. The van der Waals surface area contributed by atoms with E-state index in [1.807, 2.05) is 0 Å². The number of halogens is 3. The Labute approximate surface area is 169 Å². The number of carbonyl (C=O) groups is 1. The first kappa shape index (κ1) is 19.4. The van der Waals surface area contributed by atoms with Gasteiger partial charge in [-0.15, -0.1) is 0 Å². The monoisotopic (exact) mass is 422 g/mol. The number of pyridine rings is 1. The minimum absolute atomic E-state index is 0.0861. The number of hydrogen-bond donors (Lipinski definition) is 2. The summed E-state index contributed by atoms with van der Waals surface area (Å²) in [6, 6.07) is 5.29. The molecule has 2 aromatic rings. The van der Waals surface area contributed by atoms with Crippen LogP contribution in [0, 0.1) is 11.7 Å². The summed E-state index contributed by atoms with van der Waals surface area (Å²) in [4.78, 5) is 20.5. The number of alkyl halides is 1. The van der Waals surface area contributed by atoms with Gasteiger partial charge in [-0.05, 0) is 24.6 Å². The van der Waals surface area contributed by atoms with E-state index in [1.165, 1.54) is 31.5 Å². The van der Waals surface area contributed by atoms with Crippen LogP contribution in [-0.4, -0.2) is 36.8 Å². The molecule has 1 aromatic heterocycles. The molecule has 0 radical (unpaired) electrons. The Balaban J connectivity index is 1.75. The third-order valence-corrected chi connectivity index (χ3v) is 5.29. The zero-order valence-electron chi connectivity index (χ0n) is 15.3. The number of methoxy groups -OCH3 is 1. The molecule has 1 aliphatic heterocycles. The minimum Gasteiger partial charge on any atom is -0.493 e. The Bertz CT molecular complexity index is 1000. The number of hydrogen-bond acceptors (Lipinski definition) is 6. The van der Waals surface area contributed by atoms with Crippen molar-refractivity contribution in [3.05, 3.63) is 52.6 Å². The lowest BCUT2D eigenvalue weighted by Crippen LogP contribution is -2.39. The molecule has 7 nitrogen and oxygen atoms in total. The summed E-state index contributed by atoms with van der Waals surface area (Å²) < 4.78 is 39.6. The zero-order chi connectivity index (χ0) is 20.8. The number of benzene rings is 1. The molecule has 2 heterocycles. The van der Waals surface area contributed by atoms with Gasteiger partial charge >= 0.3 is 0 Å². The quantitative estimate of drug-likeness (QED) is 0.771. The molecular weight excluding hydrogens is 406 g/mol. The number of aromatic nitrogens is 1. The molecule has 1 aliphatic carbocycles. The lowest BCUT2D eigenvalue weighted by molar-refractivity contribution is 0.102. The fourth-order valence-electron chi connectivity index (χ4n) is 3.63. The van der Waals surface area contributed by atoms with Crippen molar-refractivity contribution in [2.75, 3.05) is 19.1 Å². The molecule has 3 N–H and O–H groups in total. The van der Waals surface area contributed by atoms with Gasteiger partial charge in [-0.2, -0.15) is 0 Å². The first-order valence-corrected chi connectivity index (χ1v) is 9.14. The molecule has 0 unspecified atom stereocenters. The van der Waals surface area contributed by atoms with E-state index in [2.05, 4.69) is 15.3 Å². The minimum atomic E-state index is -1.45. The predicted octanol–water partition coefficient (Wildman–Crippen LogP) is 3.03. The van der Waals surface area contributed by atoms with Gasteiger partial charge in [0.25, 0.3) is 11.9 Å². The van der Waals surface area contributed by atoms with Gasteiger partial charge in [-0.3, -0.25) is 4.79 Å². The van der Waals surface area contributed by atoms with Crippen molar-refractivity contribution in [3.8, 4) is 5.75 Å². The molecule has 1 amide bonds. The van der Waals surface area contributed by atoms with Crippen LogP contribution in [-0.2, 0) is 10.3 Å². The van der Waals surface area contributed by atoms with Crippen molar-refractivity contribution in [3.63, 3.8) is 0 Å². The van der Waals surface area contributed by atoms with E-state index in [4.69, 9.17) is 26.8 Å². The highest BCUT2D eigenvalue weighted by Gasteiger charge is 2.60. The number of rotatable bonds is 5. The largest absolute Gasteiger partial charge is 0.493 e. The molecule has 29 heavy (non-hydrogen) atoms. The summed E-state index contributed by atoms with van der Waals surface area (Å²) in [7, 11) is 1.28. The number of amidine groups is 1. The lowest BCUT2D eigenvalue weighted by atomic mass is 9.85. The van der Waals surface area contributed by atoms with E-state index < -0.39 is 23.9 Å². The number of anilines is 1. The van der Waals surface area contributed by atoms with Crippen molar-refractivity contribution in [2.45, 2.75) is 18.1 Å². The third kappa shape index (κ3) is 3.35. The average Bonchev–Trinajstić information content (AvgIpc) is 3.47. The highest BCUT2D eigenvalue weighted by atomic mass is 35.5. The van der Waals surface area contributed by atoms with Crippen molar-refractivity contribution >= 4 is 29.2 Å². The van der Waals surface area contributed by atoms with Gasteiger partial charge in [0.1, 0.15) is 24.0 Å². The molecule has 0 spiro atoms. The number of nitrogens with one attached hydrogen (secondary N) is 1. The maximum Gasteiger partial charge on any atom is 0.283 e. The maximum absolute atomic E-state index is 14.8. The van der Waals surface area contributed by atoms with E-state index >= 15 is 0 Å². The van der Waals surface area contributed by atoms with Gasteiger partial charge in [-0.25, -0.2) is 18.8 Å². The van der Waals surface area contributed by atoms with Gasteiger partial charge in [0.2, 0.25) is 0 Å². The first-order valence-electron chi connectivity index (χ1n) is 8.77. The molecule has 0 bridgehead atoms. The summed E-state index contributed by atoms with van der Waals surface area (Å²) in [6.07, 6.45) is 1.57. The molecule has 152 valence electrons. The van der Waals surface area contributed by atoms with Crippen LogP contribution in [0.1, 0.15) is 22.5 Å². The van der Waals surface area contributed by atoms with Crippen molar-refractivity contribution in [1.82, 2.24) is 4.98 Å². The fourth-order valence-corrected chi connectivity index (χ4v) is 3.74. The summed E-state index contributed by atoms with van der Waals surface area (Å²) in [5.41, 5.74) is 4.61. The Morgan fingerprint density at radius 1 is 1.48 bits per heavy atom. The number of amides is 1. The summed E-state index contributed by atoms with van der Waals surface area (Å²) in [6.45, 7) is -0.926. The summed E-state index contributed by atoms with van der Waals surface area (Å²) in [5.74, 6) is -1.81. The van der Waals surface area contributed by atoms with Gasteiger partial charge in [0, 0.05) is 29.4 Å². The molecule has 1 fully saturated rings. The fraction of sp³-hybridized carbons (Fsp3) is 0.316. The molecule has 10 heteroatoms. The van der Waals surface area contributed by atoms with Crippen molar-refractivity contribution < 1.29 is 23.0 Å². The van der Waals surface area contributed by atoms with E-state index in [9.17, 15) is 13.6 Å². The van der Waals surface area contributed by atoms with Crippen molar-refractivity contribution in [1.29, 1.82) is 0 Å². The number of ether oxygens (including phenoxy) is 2. The molecule has 1 saturated carbocycles. The topological polar surface area (TPSA) is 98.8 Å². The molecule has 3 atom stereocenters. The second kappa shape index (κ2) is 7.14. The second-order valence-corrected chi connectivity index (χ2v) is 7.30.